The molecule has 0 amide bonds. The van der Waals surface area contributed by atoms with Crippen molar-refractivity contribution in [2.45, 2.75) is 0 Å². The SMILES string of the molecule is Nc1c(N(N)c2ccccc2)ccc2c3ccccc3n(-c3cc(-c4ccccc4)nc(-c4ccccc4)n3)c12. The Hall–Kier alpha value is -5.46. The summed E-state index contributed by atoms with van der Waals surface area (Å²) in [6.07, 6.45) is 0. The Morgan fingerprint density at radius 3 is 1.95 bits per heavy atom. The zero-order chi connectivity index (χ0) is 27.1. The lowest BCUT2D eigenvalue weighted by Gasteiger charge is -2.21. The van der Waals surface area contributed by atoms with Gasteiger partial charge < -0.3 is 5.73 Å². The van der Waals surface area contributed by atoms with E-state index in [9.17, 15) is 0 Å². The largest absolute Gasteiger partial charge is 0.395 e. The molecule has 0 fully saturated rings. The van der Waals surface area contributed by atoms with Crippen molar-refractivity contribution >= 4 is 38.9 Å². The number of fused-ring (bicyclic) bond motifs is 3. The van der Waals surface area contributed by atoms with Crippen molar-refractivity contribution in [3.05, 3.63) is 133 Å². The summed E-state index contributed by atoms with van der Waals surface area (Å²) in [7, 11) is 0. The van der Waals surface area contributed by atoms with Crippen molar-refractivity contribution in [3.8, 4) is 28.5 Å². The van der Waals surface area contributed by atoms with Gasteiger partial charge >= 0.3 is 0 Å². The van der Waals surface area contributed by atoms with Crippen LogP contribution in [0.2, 0.25) is 0 Å². The van der Waals surface area contributed by atoms with Gasteiger partial charge in [-0.25, -0.2) is 15.8 Å². The Bertz CT molecular complexity index is 1910. The van der Waals surface area contributed by atoms with E-state index in [4.69, 9.17) is 21.5 Å². The zero-order valence-corrected chi connectivity index (χ0v) is 21.6. The van der Waals surface area contributed by atoms with Crippen LogP contribution >= 0.6 is 0 Å². The molecule has 0 atom stereocenters. The van der Waals surface area contributed by atoms with E-state index in [1.165, 1.54) is 0 Å². The van der Waals surface area contributed by atoms with Crippen LogP contribution in [0.1, 0.15) is 0 Å². The molecule has 7 rings (SSSR count). The fourth-order valence-electron chi connectivity index (χ4n) is 5.27. The van der Waals surface area contributed by atoms with Gasteiger partial charge in [0, 0.05) is 28.0 Å². The van der Waals surface area contributed by atoms with E-state index < -0.39 is 0 Å². The van der Waals surface area contributed by atoms with E-state index in [0.717, 1.165) is 50.1 Å². The van der Waals surface area contributed by atoms with Gasteiger partial charge in [-0.3, -0.25) is 9.58 Å². The molecular formula is C34H26N6. The maximum Gasteiger partial charge on any atom is 0.162 e. The molecule has 0 aliphatic carbocycles. The standard InChI is InChI=1S/C34H26N6/c35-32-30(40(36)25-16-8-3-9-17-25)21-20-27-26-18-10-11-19-29(26)39(33(27)32)31-22-28(23-12-4-1-5-13-23)37-34(38-31)24-14-6-2-7-15-24/h1-22H,35-36H2. The van der Waals surface area contributed by atoms with Gasteiger partial charge in [-0.2, -0.15) is 0 Å². The minimum absolute atomic E-state index is 0.571. The summed E-state index contributed by atoms with van der Waals surface area (Å²) >= 11 is 0. The smallest absolute Gasteiger partial charge is 0.162 e. The first-order valence-corrected chi connectivity index (χ1v) is 13.1. The summed E-state index contributed by atoms with van der Waals surface area (Å²) in [6, 6.07) is 44.4. The number of anilines is 3. The Morgan fingerprint density at radius 2 is 1.23 bits per heavy atom. The van der Waals surface area contributed by atoms with Crippen LogP contribution in [0.15, 0.2) is 133 Å². The summed E-state index contributed by atoms with van der Waals surface area (Å²) in [5.41, 5.74) is 13.7. The molecule has 0 bridgehead atoms. The van der Waals surface area contributed by atoms with Crippen molar-refractivity contribution in [1.29, 1.82) is 0 Å². The number of aromatic nitrogens is 3. The van der Waals surface area contributed by atoms with Crippen molar-refractivity contribution in [1.82, 2.24) is 14.5 Å². The van der Waals surface area contributed by atoms with Gasteiger partial charge in [-0.05, 0) is 30.3 Å². The van der Waals surface area contributed by atoms with Crippen LogP contribution < -0.4 is 16.6 Å². The van der Waals surface area contributed by atoms with Crippen LogP contribution in [0.25, 0.3) is 50.3 Å². The number of hydrazine groups is 1. The van der Waals surface area contributed by atoms with Crippen molar-refractivity contribution in [2.24, 2.45) is 5.84 Å². The number of rotatable bonds is 5. The van der Waals surface area contributed by atoms with Gasteiger partial charge in [-0.1, -0.05) is 97.1 Å². The summed E-state index contributed by atoms with van der Waals surface area (Å²) < 4.78 is 2.13. The number of nitrogens with two attached hydrogens (primary N) is 2. The van der Waals surface area contributed by atoms with Crippen LogP contribution in [0.4, 0.5) is 17.1 Å². The first-order chi connectivity index (χ1) is 19.7. The van der Waals surface area contributed by atoms with E-state index >= 15 is 0 Å². The number of benzene rings is 5. The molecule has 0 aliphatic heterocycles. The molecule has 6 nitrogen and oxygen atoms in total. The highest BCUT2D eigenvalue weighted by atomic mass is 15.4. The number of nitrogens with zero attached hydrogens (tertiary/aromatic N) is 4. The van der Waals surface area contributed by atoms with Crippen LogP contribution in [-0.4, -0.2) is 14.5 Å². The van der Waals surface area contributed by atoms with E-state index in [2.05, 4.69) is 34.9 Å². The average Bonchev–Trinajstić information content (AvgIpc) is 3.37. The van der Waals surface area contributed by atoms with Crippen molar-refractivity contribution in [3.63, 3.8) is 0 Å². The van der Waals surface area contributed by atoms with Crippen LogP contribution in [0.5, 0.6) is 0 Å². The highest BCUT2D eigenvalue weighted by Crippen LogP contribution is 2.40. The van der Waals surface area contributed by atoms with Gasteiger partial charge in [-0.15, -0.1) is 0 Å². The minimum Gasteiger partial charge on any atom is -0.395 e. The summed E-state index contributed by atoms with van der Waals surface area (Å²) in [5, 5.41) is 3.74. The second kappa shape index (κ2) is 9.69. The first kappa shape index (κ1) is 23.6. The molecular weight excluding hydrogens is 492 g/mol. The Balaban J connectivity index is 1.54. The molecule has 0 radical (unpaired) electrons. The van der Waals surface area contributed by atoms with Crippen molar-refractivity contribution in [2.75, 3.05) is 10.7 Å². The second-order valence-corrected chi connectivity index (χ2v) is 9.62. The maximum absolute atomic E-state index is 6.97. The lowest BCUT2D eigenvalue weighted by atomic mass is 10.1. The Morgan fingerprint density at radius 1 is 0.600 bits per heavy atom. The predicted octanol–water partition coefficient (Wildman–Crippen LogP) is 7.50. The lowest BCUT2D eigenvalue weighted by Crippen LogP contribution is -2.25. The highest BCUT2D eigenvalue weighted by Gasteiger charge is 2.21. The van der Waals surface area contributed by atoms with Gasteiger partial charge in [0.05, 0.1) is 33.8 Å². The molecule has 5 aromatic carbocycles. The van der Waals surface area contributed by atoms with E-state index in [1.807, 2.05) is 103 Å². The Kier molecular flexibility index (Phi) is 5.73. The quantitative estimate of drug-likeness (QED) is 0.140. The fraction of sp³-hybridized carbons (Fsp3) is 0. The van der Waals surface area contributed by atoms with Crippen LogP contribution in [0.3, 0.4) is 0 Å². The molecule has 2 aromatic heterocycles. The molecule has 4 N–H and O–H groups in total. The minimum atomic E-state index is 0.571. The van der Waals surface area contributed by atoms with E-state index in [0.29, 0.717) is 17.2 Å². The zero-order valence-electron chi connectivity index (χ0n) is 21.6. The monoisotopic (exact) mass is 518 g/mol. The summed E-state index contributed by atoms with van der Waals surface area (Å²) in [5.74, 6) is 7.98. The second-order valence-electron chi connectivity index (χ2n) is 9.62. The molecule has 40 heavy (non-hydrogen) atoms. The summed E-state index contributed by atoms with van der Waals surface area (Å²) in [6.45, 7) is 0. The average molecular weight is 519 g/mol. The lowest BCUT2D eigenvalue weighted by molar-refractivity contribution is 1.04. The Labute approximate surface area is 231 Å². The van der Waals surface area contributed by atoms with Gasteiger partial charge in [0.15, 0.2) is 5.82 Å². The van der Waals surface area contributed by atoms with Crippen LogP contribution in [0, 0.1) is 0 Å². The van der Waals surface area contributed by atoms with E-state index in [-0.39, 0.29) is 0 Å². The third-order valence-electron chi connectivity index (χ3n) is 7.19. The van der Waals surface area contributed by atoms with Crippen LogP contribution in [-0.2, 0) is 0 Å². The molecule has 192 valence electrons. The molecule has 0 unspecified atom stereocenters. The molecule has 0 saturated carbocycles. The molecule has 0 spiro atoms. The molecule has 7 aromatic rings. The molecule has 0 saturated heterocycles. The molecule has 2 heterocycles. The maximum atomic E-state index is 6.97. The third kappa shape index (κ3) is 3.95. The molecule has 0 aliphatic rings. The topological polar surface area (TPSA) is 86.0 Å². The normalized spacial score (nSPS) is 11.2. The number of nitrogen functional groups attached to an aromatic ring is 1. The van der Waals surface area contributed by atoms with Gasteiger partial charge in [0.25, 0.3) is 0 Å². The fourth-order valence-corrected chi connectivity index (χ4v) is 5.27. The van der Waals surface area contributed by atoms with E-state index in [1.54, 1.807) is 5.01 Å². The highest BCUT2D eigenvalue weighted by molar-refractivity contribution is 6.15. The summed E-state index contributed by atoms with van der Waals surface area (Å²) in [4.78, 5) is 10.1. The third-order valence-corrected chi connectivity index (χ3v) is 7.19. The van der Waals surface area contributed by atoms with Crippen molar-refractivity contribution < 1.29 is 0 Å². The molecule has 6 heteroatoms. The number of hydrogen-bond acceptors (Lipinski definition) is 5. The predicted molar refractivity (Wildman–Crippen MR) is 164 cm³/mol. The van der Waals surface area contributed by atoms with Gasteiger partial charge in [0.1, 0.15) is 5.82 Å². The number of para-hydroxylation sites is 2. The first-order valence-electron chi connectivity index (χ1n) is 13.1. The number of hydrogen-bond donors (Lipinski definition) is 2. The van der Waals surface area contributed by atoms with Gasteiger partial charge in [0.2, 0.25) is 0 Å².